The minimum absolute atomic E-state index is 0.106. The molecule has 1 aromatic carbocycles. The van der Waals surface area contributed by atoms with Crippen molar-refractivity contribution in [2.24, 2.45) is 7.05 Å². The van der Waals surface area contributed by atoms with E-state index in [1.165, 1.54) is 18.3 Å². The number of rotatable bonds is 8. The second-order valence-corrected chi connectivity index (χ2v) is 6.02. The quantitative estimate of drug-likeness (QED) is 0.617. The number of aromatic carboxylic acids is 1. The lowest BCUT2D eigenvalue weighted by atomic mass is 10.2. The monoisotopic (exact) mass is 371 g/mol. The van der Waals surface area contributed by atoms with Gasteiger partial charge >= 0.3 is 5.97 Å². The van der Waals surface area contributed by atoms with Gasteiger partial charge in [0.05, 0.1) is 11.9 Å². The Bertz CT molecular complexity index is 960. The lowest BCUT2D eigenvalue weighted by molar-refractivity contribution is -0.00619. The lowest BCUT2D eigenvalue weighted by Gasteiger charge is -2.08. The number of carboxylic acid groups (broad SMARTS) is 1. The van der Waals surface area contributed by atoms with Crippen molar-refractivity contribution in [3.8, 4) is 17.2 Å². The predicted octanol–water partition coefficient (Wildman–Crippen LogP) is 4.20. The second kappa shape index (κ2) is 7.77. The molecule has 0 unspecified atom stereocenters. The van der Waals surface area contributed by atoms with Gasteiger partial charge in [0, 0.05) is 41.6 Å². The van der Waals surface area contributed by atoms with E-state index >= 15 is 0 Å². The Hall–Kier alpha value is -3.55. The smallest absolute Gasteiger partial charge is 0.339 e. The third-order valence-electron chi connectivity index (χ3n) is 3.91. The molecule has 3 rings (SSSR count). The Morgan fingerprint density at radius 1 is 1.37 bits per heavy atom. The molecule has 0 aliphatic carbocycles. The highest BCUT2D eigenvalue weighted by Crippen LogP contribution is 2.24. The molecular weight excluding hydrogens is 353 g/mol. The van der Waals surface area contributed by atoms with Crippen LogP contribution >= 0.6 is 0 Å². The van der Waals surface area contributed by atoms with Gasteiger partial charge in [-0.05, 0) is 30.7 Å². The summed E-state index contributed by atoms with van der Waals surface area (Å²) in [5.74, 6) is 0.181. The number of nitrogens with one attached hydrogen (secondary N) is 1. The number of aryl methyl sites for hydroxylation is 2. The lowest BCUT2D eigenvalue weighted by Crippen LogP contribution is -2.04. The number of hydrogen-bond acceptors (Lipinski definition) is 5. The van der Waals surface area contributed by atoms with Gasteiger partial charge in [-0.1, -0.05) is 6.58 Å². The molecule has 0 radical (unpaired) electrons. The Kier molecular flexibility index (Phi) is 5.25. The fourth-order valence-corrected chi connectivity index (χ4v) is 2.59. The number of oxazole rings is 1. The molecule has 27 heavy (non-hydrogen) atoms. The first-order valence-electron chi connectivity index (χ1n) is 8.14. The highest BCUT2D eigenvalue weighted by atomic mass is 19.3. The first kappa shape index (κ1) is 18.2. The van der Waals surface area contributed by atoms with Crippen LogP contribution in [0.15, 0.2) is 59.5 Å². The molecule has 2 heterocycles. The number of allylic oxidation sites excluding steroid dienone is 1. The van der Waals surface area contributed by atoms with Gasteiger partial charge in [-0.15, -0.1) is 0 Å². The average Bonchev–Trinajstić information content (AvgIpc) is 3.27. The van der Waals surface area contributed by atoms with Crippen LogP contribution in [0, 0.1) is 0 Å². The number of aromatic nitrogens is 2. The van der Waals surface area contributed by atoms with Gasteiger partial charge in [0.1, 0.15) is 11.3 Å². The summed E-state index contributed by atoms with van der Waals surface area (Å²) in [6, 6.07) is 6.25. The average molecular weight is 371 g/mol. The molecule has 2 aromatic heterocycles. The number of benzene rings is 1. The van der Waals surface area contributed by atoms with E-state index in [1.54, 1.807) is 36.1 Å². The Labute approximate surface area is 154 Å². The van der Waals surface area contributed by atoms with Gasteiger partial charge in [-0.25, -0.2) is 9.78 Å². The maximum atomic E-state index is 12.1. The summed E-state index contributed by atoms with van der Waals surface area (Å²) in [5, 5.41) is 12.2. The third-order valence-corrected chi connectivity index (χ3v) is 3.91. The zero-order valence-corrected chi connectivity index (χ0v) is 14.6. The summed E-state index contributed by atoms with van der Waals surface area (Å²) in [7, 11) is 1.75. The van der Waals surface area contributed by atoms with E-state index in [1.807, 2.05) is 0 Å². The van der Waals surface area contributed by atoms with E-state index in [4.69, 9.17) is 4.42 Å². The van der Waals surface area contributed by atoms with E-state index in [-0.39, 0.29) is 11.3 Å². The summed E-state index contributed by atoms with van der Waals surface area (Å²) < 4.78 is 19.4. The SMILES string of the molecule is C=C(CCc1cnc(-c2ccc(OF)cc2)o1)Nc1cn(C)cc1C(=O)O. The normalized spacial score (nSPS) is 10.6. The first-order chi connectivity index (χ1) is 13.0. The van der Waals surface area contributed by atoms with Crippen molar-refractivity contribution < 1.29 is 23.8 Å². The minimum Gasteiger partial charge on any atom is -0.478 e. The van der Waals surface area contributed by atoms with Crippen LogP contribution < -0.4 is 10.3 Å². The fraction of sp³-hybridized carbons (Fsp3) is 0.158. The van der Waals surface area contributed by atoms with E-state index in [9.17, 15) is 14.4 Å². The van der Waals surface area contributed by atoms with Crippen molar-refractivity contribution in [2.75, 3.05) is 5.32 Å². The summed E-state index contributed by atoms with van der Waals surface area (Å²) in [6.07, 6.45) is 5.91. The molecule has 0 spiro atoms. The summed E-state index contributed by atoms with van der Waals surface area (Å²) in [6.45, 7) is 3.93. The number of carbonyl (C=O) groups is 1. The molecule has 0 atom stereocenters. The Balaban J connectivity index is 1.59. The standard InChI is InChI=1S/C19H18FN3O4/c1-12(22-17-11-23(2)10-16(17)19(24)25)3-6-15-9-21-18(26-15)13-4-7-14(27-20)8-5-13/h4-5,7-11,22H,1,3,6H2,2H3,(H,24,25). The van der Waals surface area contributed by atoms with Crippen LogP contribution in [-0.4, -0.2) is 20.6 Å². The topological polar surface area (TPSA) is 89.5 Å². The van der Waals surface area contributed by atoms with Crippen LogP contribution in [0.5, 0.6) is 5.75 Å². The maximum Gasteiger partial charge on any atom is 0.339 e. The highest BCUT2D eigenvalue weighted by Gasteiger charge is 2.13. The maximum absolute atomic E-state index is 12.1. The van der Waals surface area contributed by atoms with E-state index in [0.29, 0.717) is 41.4 Å². The number of nitrogens with zero attached hydrogens (tertiary/aromatic N) is 2. The zero-order chi connectivity index (χ0) is 19.4. The van der Waals surface area contributed by atoms with E-state index in [2.05, 4.69) is 21.8 Å². The van der Waals surface area contributed by atoms with Crippen molar-refractivity contribution >= 4 is 11.7 Å². The molecule has 2 N–H and O–H groups in total. The molecule has 0 saturated carbocycles. The molecule has 0 fully saturated rings. The second-order valence-electron chi connectivity index (χ2n) is 6.02. The van der Waals surface area contributed by atoms with Gasteiger partial charge < -0.3 is 19.4 Å². The molecular formula is C19H18FN3O4. The van der Waals surface area contributed by atoms with Crippen LogP contribution in [0.2, 0.25) is 0 Å². The van der Waals surface area contributed by atoms with Gasteiger partial charge in [0.2, 0.25) is 5.89 Å². The van der Waals surface area contributed by atoms with Crippen LogP contribution in [0.25, 0.3) is 11.5 Å². The first-order valence-corrected chi connectivity index (χ1v) is 8.14. The van der Waals surface area contributed by atoms with Crippen molar-refractivity contribution in [1.29, 1.82) is 0 Å². The van der Waals surface area contributed by atoms with E-state index < -0.39 is 5.97 Å². The Morgan fingerprint density at radius 3 is 2.78 bits per heavy atom. The van der Waals surface area contributed by atoms with Crippen LogP contribution in [-0.2, 0) is 13.5 Å². The number of anilines is 1. The summed E-state index contributed by atoms with van der Waals surface area (Å²) >= 11 is 0. The van der Waals surface area contributed by atoms with Gasteiger partial charge in [-0.2, -0.15) is 0 Å². The molecule has 0 saturated heterocycles. The van der Waals surface area contributed by atoms with Crippen LogP contribution in [0.3, 0.4) is 0 Å². The largest absolute Gasteiger partial charge is 0.478 e. The zero-order valence-electron chi connectivity index (χ0n) is 14.6. The molecule has 7 nitrogen and oxygen atoms in total. The molecule has 0 bridgehead atoms. The number of halogens is 1. The number of carboxylic acids is 1. The fourth-order valence-electron chi connectivity index (χ4n) is 2.59. The number of hydrogen-bond donors (Lipinski definition) is 2. The Morgan fingerprint density at radius 2 is 2.11 bits per heavy atom. The van der Waals surface area contributed by atoms with E-state index in [0.717, 1.165) is 0 Å². The van der Waals surface area contributed by atoms with Crippen molar-refractivity contribution in [3.63, 3.8) is 0 Å². The molecule has 0 aliphatic heterocycles. The van der Waals surface area contributed by atoms with Crippen molar-refractivity contribution in [1.82, 2.24) is 9.55 Å². The van der Waals surface area contributed by atoms with Crippen molar-refractivity contribution in [3.05, 3.63) is 66.5 Å². The summed E-state index contributed by atoms with van der Waals surface area (Å²) in [5.41, 5.74) is 2.03. The van der Waals surface area contributed by atoms with Crippen LogP contribution in [0.1, 0.15) is 22.5 Å². The van der Waals surface area contributed by atoms with Gasteiger partial charge in [0.25, 0.3) is 0 Å². The van der Waals surface area contributed by atoms with Gasteiger partial charge in [0.15, 0.2) is 5.75 Å². The highest BCUT2D eigenvalue weighted by molar-refractivity contribution is 5.94. The minimum atomic E-state index is -1.00. The molecule has 8 heteroatoms. The molecule has 0 aliphatic rings. The van der Waals surface area contributed by atoms with Crippen molar-refractivity contribution in [2.45, 2.75) is 12.8 Å². The van der Waals surface area contributed by atoms with Gasteiger partial charge in [-0.3, -0.25) is 4.94 Å². The predicted molar refractivity (Wildman–Crippen MR) is 97.1 cm³/mol. The third kappa shape index (κ3) is 4.35. The molecule has 0 amide bonds. The summed E-state index contributed by atoms with van der Waals surface area (Å²) in [4.78, 5) is 19.1. The molecule has 3 aromatic rings. The van der Waals surface area contributed by atoms with Crippen LogP contribution in [0.4, 0.5) is 10.2 Å². The molecule has 140 valence electrons.